The van der Waals surface area contributed by atoms with Gasteiger partial charge in [-0.2, -0.15) is 0 Å². The first-order chi connectivity index (χ1) is 8.97. The number of carbonyl (C=O) groups is 1. The van der Waals surface area contributed by atoms with E-state index >= 15 is 0 Å². The highest BCUT2D eigenvalue weighted by Crippen LogP contribution is 2.30. The van der Waals surface area contributed by atoms with E-state index in [1.54, 1.807) is 18.2 Å². The Balaban J connectivity index is 2.33. The van der Waals surface area contributed by atoms with Crippen LogP contribution in [0, 0.1) is 6.92 Å². The zero-order valence-electron chi connectivity index (χ0n) is 10.1. The summed E-state index contributed by atoms with van der Waals surface area (Å²) in [4.78, 5) is 10.9. The van der Waals surface area contributed by atoms with Crippen LogP contribution in [-0.4, -0.2) is 11.1 Å². The van der Waals surface area contributed by atoms with Gasteiger partial charge in [-0.15, -0.1) is 0 Å². The van der Waals surface area contributed by atoms with E-state index in [0.29, 0.717) is 0 Å². The summed E-state index contributed by atoms with van der Waals surface area (Å²) in [6.45, 7) is 1.88. The van der Waals surface area contributed by atoms with Crippen molar-refractivity contribution in [1.82, 2.24) is 0 Å². The smallest absolute Gasteiger partial charge is 0.335 e. The highest BCUT2D eigenvalue weighted by Gasteiger charge is 2.07. The maximum atomic E-state index is 10.9. The molecule has 0 aromatic heterocycles. The summed E-state index contributed by atoms with van der Waals surface area (Å²) in [5, 5.41) is 12.2. The van der Waals surface area contributed by atoms with Gasteiger partial charge < -0.3 is 10.4 Å². The summed E-state index contributed by atoms with van der Waals surface area (Å²) in [6.07, 6.45) is 0. The number of anilines is 2. The minimum Gasteiger partial charge on any atom is -0.478 e. The second-order valence-corrected chi connectivity index (χ2v) is 5.85. The number of halogens is 2. The van der Waals surface area contributed by atoms with Crippen molar-refractivity contribution in [3.63, 3.8) is 0 Å². The Morgan fingerprint density at radius 2 is 1.84 bits per heavy atom. The second kappa shape index (κ2) is 5.75. The molecule has 0 radical (unpaired) electrons. The van der Waals surface area contributed by atoms with Gasteiger partial charge in [-0.25, -0.2) is 4.79 Å². The van der Waals surface area contributed by atoms with Crippen LogP contribution >= 0.6 is 31.9 Å². The highest BCUT2D eigenvalue weighted by atomic mass is 79.9. The van der Waals surface area contributed by atoms with Crippen molar-refractivity contribution in [3.8, 4) is 0 Å². The molecule has 2 rings (SSSR count). The lowest BCUT2D eigenvalue weighted by Crippen LogP contribution is -1.99. The minimum atomic E-state index is -0.918. The number of hydrogen-bond donors (Lipinski definition) is 2. The van der Waals surface area contributed by atoms with E-state index in [1.807, 2.05) is 25.1 Å². The zero-order chi connectivity index (χ0) is 14.0. The van der Waals surface area contributed by atoms with Gasteiger partial charge >= 0.3 is 5.97 Å². The minimum absolute atomic E-state index is 0.288. The molecule has 0 spiro atoms. The van der Waals surface area contributed by atoms with Gasteiger partial charge in [-0.3, -0.25) is 0 Å². The molecule has 0 bridgehead atoms. The van der Waals surface area contributed by atoms with E-state index in [0.717, 1.165) is 25.9 Å². The molecule has 2 N–H and O–H groups in total. The summed E-state index contributed by atoms with van der Waals surface area (Å²) >= 11 is 6.89. The fourth-order valence-corrected chi connectivity index (χ4v) is 2.38. The molecule has 98 valence electrons. The van der Waals surface area contributed by atoms with Crippen LogP contribution in [0.5, 0.6) is 0 Å². The van der Waals surface area contributed by atoms with Crippen LogP contribution in [0.25, 0.3) is 0 Å². The number of carboxylic acid groups (broad SMARTS) is 1. The number of hydrogen-bond acceptors (Lipinski definition) is 2. The Labute approximate surface area is 127 Å². The number of benzene rings is 2. The average molecular weight is 385 g/mol. The SMILES string of the molecule is Cc1cc(C(=O)O)ccc1Nc1cc(Br)ccc1Br. The zero-order valence-corrected chi connectivity index (χ0v) is 13.2. The lowest BCUT2D eigenvalue weighted by molar-refractivity contribution is 0.0697. The summed E-state index contributed by atoms with van der Waals surface area (Å²) < 4.78 is 1.91. The van der Waals surface area contributed by atoms with Gasteiger partial charge in [0.1, 0.15) is 0 Å². The maximum absolute atomic E-state index is 10.9. The Morgan fingerprint density at radius 3 is 2.47 bits per heavy atom. The second-order valence-electron chi connectivity index (χ2n) is 4.08. The summed E-state index contributed by atoms with van der Waals surface area (Å²) in [5.74, 6) is -0.918. The Bertz CT molecular complexity index is 641. The van der Waals surface area contributed by atoms with Gasteiger partial charge in [0.05, 0.1) is 11.3 Å². The molecular weight excluding hydrogens is 374 g/mol. The predicted octanol–water partition coefficient (Wildman–Crippen LogP) is 4.96. The van der Waals surface area contributed by atoms with Gasteiger partial charge in [0.25, 0.3) is 0 Å². The van der Waals surface area contributed by atoms with E-state index in [1.165, 1.54) is 0 Å². The fraction of sp³-hybridized carbons (Fsp3) is 0.0714. The fourth-order valence-electron chi connectivity index (χ4n) is 1.68. The largest absolute Gasteiger partial charge is 0.478 e. The summed E-state index contributed by atoms with van der Waals surface area (Å²) in [6, 6.07) is 10.8. The van der Waals surface area contributed by atoms with Crippen molar-refractivity contribution in [2.24, 2.45) is 0 Å². The third kappa shape index (κ3) is 3.36. The Morgan fingerprint density at radius 1 is 1.11 bits per heavy atom. The number of carboxylic acids is 1. The molecule has 0 saturated carbocycles. The molecule has 0 heterocycles. The average Bonchev–Trinajstić information content (AvgIpc) is 2.36. The van der Waals surface area contributed by atoms with Crippen LogP contribution in [-0.2, 0) is 0 Å². The molecule has 2 aromatic carbocycles. The lowest BCUT2D eigenvalue weighted by Gasteiger charge is -2.12. The van der Waals surface area contributed by atoms with Crippen LogP contribution in [0.4, 0.5) is 11.4 Å². The molecule has 3 nitrogen and oxygen atoms in total. The molecular formula is C14H11Br2NO2. The maximum Gasteiger partial charge on any atom is 0.335 e. The normalized spacial score (nSPS) is 10.3. The number of aryl methyl sites for hydroxylation is 1. The van der Waals surface area contributed by atoms with Crippen molar-refractivity contribution < 1.29 is 9.90 Å². The van der Waals surface area contributed by atoms with Crippen molar-refractivity contribution in [1.29, 1.82) is 0 Å². The highest BCUT2D eigenvalue weighted by molar-refractivity contribution is 9.11. The molecule has 0 fully saturated rings. The molecule has 5 heteroatoms. The van der Waals surface area contributed by atoms with Crippen LogP contribution in [0.15, 0.2) is 45.3 Å². The first-order valence-electron chi connectivity index (χ1n) is 5.53. The Kier molecular flexibility index (Phi) is 4.27. The molecule has 19 heavy (non-hydrogen) atoms. The third-order valence-corrected chi connectivity index (χ3v) is 3.86. The van der Waals surface area contributed by atoms with E-state index in [9.17, 15) is 4.79 Å². The van der Waals surface area contributed by atoms with Gasteiger partial charge in [0.2, 0.25) is 0 Å². The van der Waals surface area contributed by atoms with Crippen molar-refractivity contribution >= 4 is 49.2 Å². The van der Waals surface area contributed by atoms with Crippen LogP contribution in [0.1, 0.15) is 15.9 Å². The van der Waals surface area contributed by atoms with Crippen molar-refractivity contribution in [2.75, 3.05) is 5.32 Å². The topological polar surface area (TPSA) is 49.3 Å². The van der Waals surface area contributed by atoms with Crippen LogP contribution in [0.2, 0.25) is 0 Å². The summed E-state index contributed by atoms with van der Waals surface area (Å²) in [7, 11) is 0. The van der Waals surface area contributed by atoms with E-state index in [4.69, 9.17) is 5.11 Å². The van der Waals surface area contributed by atoms with Crippen molar-refractivity contribution in [2.45, 2.75) is 6.92 Å². The predicted molar refractivity (Wildman–Crippen MR) is 83.3 cm³/mol. The molecule has 0 atom stereocenters. The lowest BCUT2D eigenvalue weighted by atomic mass is 10.1. The van der Waals surface area contributed by atoms with Crippen LogP contribution in [0.3, 0.4) is 0 Å². The number of nitrogens with one attached hydrogen (secondary N) is 1. The molecule has 0 amide bonds. The van der Waals surface area contributed by atoms with Gasteiger partial charge in [0.15, 0.2) is 0 Å². The van der Waals surface area contributed by atoms with Gasteiger partial charge in [0, 0.05) is 14.6 Å². The number of aromatic carboxylic acids is 1. The van der Waals surface area contributed by atoms with Gasteiger partial charge in [-0.1, -0.05) is 15.9 Å². The monoisotopic (exact) mass is 383 g/mol. The molecule has 0 aliphatic rings. The number of rotatable bonds is 3. The standard InChI is InChI=1S/C14H11Br2NO2/c1-8-6-9(14(18)19)2-5-12(8)17-13-7-10(15)3-4-11(13)16/h2-7,17H,1H3,(H,18,19). The molecule has 2 aromatic rings. The molecule has 0 aliphatic carbocycles. The first kappa shape index (κ1) is 14.1. The molecule has 0 aliphatic heterocycles. The Hall–Kier alpha value is -1.33. The van der Waals surface area contributed by atoms with Crippen molar-refractivity contribution in [3.05, 3.63) is 56.5 Å². The van der Waals surface area contributed by atoms with E-state index < -0.39 is 5.97 Å². The third-order valence-electron chi connectivity index (χ3n) is 2.67. The first-order valence-corrected chi connectivity index (χ1v) is 7.12. The van der Waals surface area contributed by atoms with Gasteiger partial charge in [-0.05, 0) is 64.8 Å². The van der Waals surface area contributed by atoms with E-state index in [2.05, 4.69) is 37.2 Å². The quantitative estimate of drug-likeness (QED) is 0.785. The molecule has 0 unspecified atom stereocenters. The van der Waals surface area contributed by atoms with Crippen LogP contribution < -0.4 is 5.32 Å². The summed E-state index contributed by atoms with van der Waals surface area (Å²) in [5.41, 5.74) is 2.97. The van der Waals surface area contributed by atoms with E-state index in [-0.39, 0.29) is 5.56 Å². The molecule has 0 saturated heterocycles.